The molecule has 1 fully saturated rings. The highest BCUT2D eigenvalue weighted by Gasteiger charge is 2.34. The molecule has 106 valence electrons. The number of hydrogen-bond acceptors (Lipinski definition) is 3. The molecule has 1 atom stereocenters. The highest BCUT2D eigenvalue weighted by atomic mass is 16.5. The fourth-order valence-corrected chi connectivity index (χ4v) is 2.57. The average Bonchev–Trinajstić information content (AvgIpc) is 2.33. The summed E-state index contributed by atoms with van der Waals surface area (Å²) in [5.74, 6) is 0.912. The molecule has 1 aliphatic heterocycles. The van der Waals surface area contributed by atoms with Crippen LogP contribution in [0, 0.1) is 5.41 Å². The van der Waals surface area contributed by atoms with E-state index in [2.05, 4.69) is 30.9 Å². The van der Waals surface area contributed by atoms with Crippen molar-refractivity contribution in [1.82, 2.24) is 0 Å². The largest absolute Gasteiger partial charge is 0.491 e. The van der Waals surface area contributed by atoms with Gasteiger partial charge in [0.25, 0.3) is 0 Å². The van der Waals surface area contributed by atoms with E-state index in [1.807, 2.05) is 26.0 Å². The Morgan fingerprint density at radius 2 is 1.89 bits per heavy atom. The minimum atomic E-state index is -0.202. The normalized spacial score (nSPS) is 22.6. The summed E-state index contributed by atoms with van der Waals surface area (Å²) in [5, 5.41) is 10.00. The molecule has 1 aliphatic rings. The fourth-order valence-electron chi connectivity index (χ4n) is 2.57. The average molecular weight is 263 g/mol. The van der Waals surface area contributed by atoms with Crippen molar-refractivity contribution >= 4 is 5.69 Å². The van der Waals surface area contributed by atoms with Gasteiger partial charge in [0.2, 0.25) is 0 Å². The van der Waals surface area contributed by atoms with Gasteiger partial charge in [-0.25, -0.2) is 0 Å². The summed E-state index contributed by atoms with van der Waals surface area (Å²) in [4.78, 5) is 2.34. The molecule has 0 saturated carbocycles. The number of nitrogens with zero attached hydrogens (tertiary/aromatic N) is 1. The molecule has 0 radical (unpaired) electrons. The third-order valence-corrected chi connectivity index (χ3v) is 3.75. The van der Waals surface area contributed by atoms with Gasteiger partial charge < -0.3 is 14.7 Å². The molecule has 1 aromatic rings. The molecule has 0 aliphatic carbocycles. The Morgan fingerprint density at radius 3 is 2.42 bits per heavy atom. The van der Waals surface area contributed by atoms with Gasteiger partial charge >= 0.3 is 0 Å². The lowest BCUT2D eigenvalue weighted by Gasteiger charge is -2.43. The first-order valence-electron chi connectivity index (χ1n) is 7.08. The van der Waals surface area contributed by atoms with Gasteiger partial charge in [-0.05, 0) is 44.5 Å². The first-order chi connectivity index (χ1) is 8.88. The maximum absolute atomic E-state index is 10.00. The second-order valence-electron chi connectivity index (χ2n) is 6.38. The number of aliphatic hydroxyl groups excluding tert-OH is 1. The van der Waals surface area contributed by atoms with Gasteiger partial charge in [-0.3, -0.25) is 0 Å². The molecular formula is C16H25NO2. The number of hydrogen-bond donors (Lipinski definition) is 1. The van der Waals surface area contributed by atoms with Crippen LogP contribution < -0.4 is 9.64 Å². The Kier molecular flexibility index (Phi) is 4.04. The Labute approximate surface area is 116 Å². The molecule has 1 saturated heterocycles. The zero-order valence-corrected chi connectivity index (χ0v) is 12.4. The number of anilines is 1. The van der Waals surface area contributed by atoms with Gasteiger partial charge in [-0.15, -0.1) is 0 Å². The molecule has 1 unspecified atom stereocenters. The molecule has 19 heavy (non-hydrogen) atoms. The molecule has 3 nitrogen and oxygen atoms in total. The van der Waals surface area contributed by atoms with Crippen molar-refractivity contribution in [1.29, 1.82) is 0 Å². The smallest absolute Gasteiger partial charge is 0.119 e. The van der Waals surface area contributed by atoms with E-state index in [9.17, 15) is 5.11 Å². The maximum atomic E-state index is 10.00. The lowest BCUT2D eigenvalue weighted by molar-refractivity contribution is 0.0336. The van der Waals surface area contributed by atoms with E-state index in [1.54, 1.807) is 0 Å². The monoisotopic (exact) mass is 263 g/mol. The molecule has 1 aromatic carbocycles. The molecule has 1 N–H and O–H groups in total. The second-order valence-corrected chi connectivity index (χ2v) is 6.38. The van der Waals surface area contributed by atoms with E-state index in [4.69, 9.17) is 4.74 Å². The first-order valence-corrected chi connectivity index (χ1v) is 7.08. The molecule has 1 heterocycles. The topological polar surface area (TPSA) is 32.7 Å². The first kappa shape index (κ1) is 14.2. The number of ether oxygens (including phenoxy) is 1. The lowest BCUT2D eigenvalue weighted by Crippen LogP contribution is -2.48. The number of piperidine rings is 1. The Hall–Kier alpha value is -1.22. The minimum Gasteiger partial charge on any atom is -0.491 e. The predicted molar refractivity (Wildman–Crippen MR) is 78.8 cm³/mol. The van der Waals surface area contributed by atoms with Crippen molar-refractivity contribution in [3.63, 3.8) is 0 Å². The van der Waals surface area contributed by atoms with Crippen LogP contribution in [0.25, 0.3) is 0 Å². The fraction of sp³-hybridized carbons (Fsp3) is 0.625. The highest BCUT2D eigenvalue weighted by molar-refractivity contribution is 5.49. The van der Waals surface area contributed by atoms with Crippen LogP contribution >= 0.6 is 0 Å². The van der Waals surface area contributed by atoms with Crippen molar-refractivity contribution in [3.8, 4) is 5.75 Å². The maximum Gasteiger partial charge on any atom is 0.119 e. The molecule has 0 amide bonds. The van der Waals surface area contributed by atoms with E-state index in [-0.39, 0.29) is 17.6 Å². The summed E-state index contributed by atoms with van der Waals surface area (Å²) < 4.78 is 5.66. The molecule has 2 rings (SSSR count). The minimum absolute atomic E-state index is 0.0502. The van der Waals surface area contributed by atoms with Crippen molar-refractivity contribution < 1.29 is 9.84 Å². The zero-order chi connectivity index (χ0) is 14.0. The second kappa shape index (κ2) is 5.41. The third kappa shape index (κ3) is 3.41. The van der Waals surface area contributed by atoms with E-state index in [0.717, 1.165) is 25.3 Å². The molecule has 0 bridgehead atoms. The van der Waals surface area contributed by atoms with Crippen LogP contribution in [-0.4, -0.2) is 30.4 Å². The Bertz CT molecular complexity index is 411. The molecule has 3 heteroatoms. The van der Waals surface area contributed by atoms with Gasteiger partial charge in [0.15, 0.2) is 0 Å². The van der Waals surface area contributed by atoms with Crippen molar-refractivity contribution in [3.05, 3.63) is 24.3 Å². The van der Waals surface area contributed by atoms with E-state index >= 15 is 0 Å². The van der Waals surface area contributed by atoms with Gasteiger partial charge in [0.05, 0.1) is 12.2 Å². The van der Waals surface area contributed by atoms with Crippen LogP contribution in [0.5, 0.6) is 5.75 Å². The Morgan fingerprint density at radius 1 is 1.26 bits per heavy atom. The van der Waals surface area contributed by atoms with E-state index < -0.39 is 0 Å². The van der Waals surface area contributed by atoms with Crippen LogP contribution in [0.3, 0.4) is 0 Å². The summed E-state index contributed by atoms with van der Waals surface area (Å²) in [6.45, 7) is 10.1. The van der Waals surface area contributed by atoms with Gasteiger partial charge in [-0.2, -0.15) is 0 Å². The van der Waals surface area contributed by atoms with Crippen molar-refractivity contribution in [2.75, 3.05) is 18.0 Å². The number of benzene rings is 1. The zero-order valence-electron chi connectivity index (χ0n) is 12.4. The van der Waals surface area contributed by atoms with Crippen LogP contribution in [0.4, 0.5) is 5.69 Å². The highest BCUT2D eigenvalue weighted by Crippen LogP contribution is 2.32. The summed E-state index contributed by atoms with van der Waals surface area (Å²) in [7, 11) is 0. The Balaban J connectivity index is 2.06. The van der Waals surface area contributed by atoms with Crippen LogP contribution in [0.1, 0.15) is 34.1 Å². The quantitative estimate of drug-likeness (QED) is 0.909. The summed E-state index contributed by atoms with van der Waals surface area (Å²) in [6.07, 6.45) is 0.833. The number of rotatable bonds is 3. The summed E-state index contributed by atoms with van der Waals surface area (Å²) >= 11 is 0. The lowest BCUT2D eigenvalue weighted by atomic mass is 9.81. The number of aliphatic hydroxyl groups is 1. The predicted octanol–water partition coefficient (Wildman–Crippen LogP) is 3.07. The van der Waals surface area contributed by atoms with E-state index in [1.165, 1.54) is 5.69 Å². The van der Waals surface area contributed by atoms with Gasteiger partial charge in [0, 0.05) is 24.2 Å². The van der Waals surface area contributed by atoms with Crippen molar-refractivity contribution in [2.24, 2.45) is 5.41 Å². The molecular weight excluding hydrogens is 238 g/mol. The molecule has 0 aromatic heterocycles. The molecule has 0 spiro atoms. The summed E-state index contributed by atoms with van der Waals surface area (Å²) in [6, 6.07) is 8.25. The standard InChI is InChI=1S/C16H25NO2/c1-12(2)19-14-7-5-13(6-8-14)17-10-9-15(18)16(3,4)11-17/h5-8,12,15,18H,9-11H2,1-4H3. The van der Waals surface area contributed by atoms with Gasteiger partial charge in [0.1, 0.15) is 5.75 Å². The van der Waals surface area contributed by atoms with Crippen LogP contribution in [0.2, 0.25) is 0 Å². The van der Waals surface area contributed by atoms with Crippen molar-refractivity contribution in [2.45, 2.75) is 46.3 Å². The van der Waals surface area contributed by atoms with E-state index in [0.29, 0.717) is 0 Å². The SMILES string of the molecule is CC(C)Oc1ccc(N2CCC(O)C(C)(C)C2)cc1. The summed E-state index contributed by atoms with van der Waals surface area (Å²) in [5.41, 5.74) is 1.15. The van der Waals surface area contributed by atoms with Gasteiger partial charge in [-0.1, -0.05) is 13.8 Å². The third-order valence-electron chi connectivity index (χ3n) is 3.75. The van der Waals surface area contributed by atoms with Crippen LogP contribution in [-0.2, 0) is 0 Å². The van der Waals surface area contributed by atoms with Crippen LogP contribution in [0.15, 0.2) is 24.3 Å².